The van der Waals surface area contributed by atoms with E-state index in [4.69, 9.17) is 10.2 Å². The van der Waals surface area contributed by atoms with Crippen molar-refractivity contribution in [3.05, 3.63) is 51.8 Å². The quantitative estimate of drug-likeness (QED) is 0.216. The molecule has 1 aromatic rings. The highest BCUT2D eigenvalue weighted by molar-refractivity contribution is 14.1. The Morgan fingerprint density at radius 1 is 1.00 bits per heavy atom. The van der Waals surface area contributed by atoms with Crippen molar-refractivity contribution in [3.63, 3.8) is 0 Å². The Balaban J connectivity index is 2.09. The van der Waals surface area contributed by atoms with Gasteiger partial charge in [0.05, 0.1) is 0 Å². The fourth-order valence-electron chi connectivity index (χ4n) is 2.86. The molecule has 12 nitrogen and oxygen atoms in total. The van der Waals surface area contributed by atoms with E-state index in [0.29, 0.717) is 5.69 Å². The molecule has 33 heavy (non-hydrogen) atoms. The second kappa shape index (κ2) is 11.3. The van der Waals surface area contributed by atoms with Gasteiger partial charge in [-0.05, 0) is 65.4 Å². The Bertz CT molecular complexity index is 1010. The molecule has 7 N–H and O–H groups in total. The number of carboxylic acids is 3. The van der Waals surface area contributed by atoms with E-state index in [1.165, 1.54) is 12.2 Å². The molecule has 1 aromatic carbocycles. The van der Waals surface area contributed by atoms with Crippen LogP contribution in [-0.2, 0) is 14.4 Å². The van der Waals surface area contributed by atoms with Crippen molar-refractivity contribution in [2.45, 2.75) is 30.8 Å². The van der Waals surface area contributed by atoms with Gasteiger partial charge in [-0.15, -0.1) is 0 Å². The van der Waals surface area contributed by atoms with Crippen molar-refractivity contribution in [2.75, 3.05) is 5.32 Å². The van der Waals surface area contributed by atoms with Crippen LogP contribution in [0.1, 0.15) is 19.3 Å². The highest BCUT2D eigenvalue weighted by atomic mass is 131. The summed E-state index contributed by atoms with van der Waals surface area (Å²) in [7, 11) is 0. The summed E-state index contributed by atoms with van der Waals surface area (Å²) in [6.07, 6.45) is 2.93. The van der Waals surface area contributed by atoms with E-state index in [9.17, 15) is 29.1 Å². The number of carboxylic acid groups (broad SMARTS) is 3. The van der Waals surface area contributed by atoms with Crippen molar-refractivity contribution >= 4 is 58.2 Å². The average Bonchev–Trinajstić information content (AvgIpc) is 2.72. The molecule has 0 bridgehead atoms. The van der Waals surface area contributed by atoms with E-state index in [-0.39, 0.29) is 18.5 Å². The van der Waals surface area contributed by atoms with Crippen LogP contribution < -0.4 is 21.3 Å². The van der Waals surface area contributed by atoms with Crippen molar-refractivity contribution in [3.8, 4) is 0 Å². The molecule has 1 aliphatic rings. The third-order valence-corrected chi connectivity index (χ3v) is 5.19. The molecule has 0 saturated heterocycles. The zero-order valence-corrected chi connectivity index (χ0v) is 19.2. The normalized spacial score (nSPS) is 17.8. The minimum absolute atomic E-state index is 0.0904. The molecule has 0 aliphatic heterocycles. The number of hydrogen-bond donors (Lipinski definition) is 7. The summed E-state index contributed by atoms with van der Waals surface area (Å²) in [6.45, 7) is 0. The summed E-state index contributed by atoms with van der Waals surface area (Å²) in [4.78, 5) is 58.5. The molecule has 0 spiro atoms. The highest BCUT2D eigenvalue weighted by Crippen LogP contribution is 2.21. The molecule has 4 amide bonds. The van der Waals surface area contributed by atoms with Crippen LogP contribution in [0.3, 0.4) is 0 Å². The van der Waals surface area contributed by atoms with Crippen molar-refractivity contribution in [2.24, 2.45) is 0 Å². The van der Waals surface area contributed by atoms with Gasteiger partial charge in [0.15, 0.2) is 5.54 Å². The second-order valence-electron chi connectivity index (χ2n) is 6.99. The fourth-order valence-corrected chi connectivity index (χ4v) is 3.22. The first-order chi connectivity index (χ1) is 15.5. The van der Waals surface area contributed by atoms with E-state index in [1.54, 1.807) is 24.3 Å². The first-order valence-electron chi connectivity index (χ1n) is 9.50. The number of allylic oxidation sites excluding steroid dienone is 1. The first-order valence-corrected chi connectivity index (χ1v) is 10.6. The Morgan fingerprint density at radius 3 is 2.24 bits per heavy atom. The topological polar surface area (TPSA) is 194 Å². The lowest BCUT2D eigenvalue weighted by molar-refractivity contribution is -0.142. The smallest absolute Gasteiger partial charge is 0.333 e. The zero-order valence-electron chi connectivity index (χ0n) is 17.0. The van der Waals surface area contributed by atoms with Crippen molar-refractivity contribution in [1.29, 1.82) is 0 Å². The number of carbonyl (C=O) groups is 5. The van der Waals surface area contributed by atoms with Crippen LogP contribution in [0.4, 0.5) is 15.3 Å². The lowest BCUT2D eigenvalue weighted by Crippen LogP contribution is -2.59. The van der Waals surface area contributed by atoms with Gasteiger partial charge < -0.3 is 36.6 Å². The van der Waals surface area contributed by atoms with Gasteiger partial charge in [-0.2, -0.15) is 0 Å². The number of benzene rings is 1. The maximum Gasteiger partial charge on any atom is 0.333 e. The second-order valence-corrected chi connectivity index (χ2v) is 8.24. The van der Waals surface area contributed by atoms with Gasteiger partial charge in [0.25, 0.3) is 0 Å². The molecule has 0 aromatic heterocycles. The predicted molar refractivity (Wildman–Crippen MR) is 123 cm³/mol. The average molecular weight is 576 g/mol. The summed E-state index contributed by atoms with van der Waals surface area (Å²) in [5.74, 6) is -4.16. The molecule has 1 aliphatic carbocycles. The molecule has 0 heterocycles. The number of halogens is 1. The Labute approximate surface area is 201 Å². The van der Waals surface area contributed by atoms with Crippen LogP contribution >= 0.6 is 22.6 Å². The van der Waals surface area contributed by atoms with Gasteiger partial charge in [-0.25, -0.2) is 19.2 Å². The number of nitrogens with one attached hydrogen (secondary N) is 4. The molecule has 13 heteroatoms. The lowest BCUT2D eigenvalue weighted by atomic mass is 9.90. The summed E-state index contributed by atoms with van der Waals surface area (Å²) in [5, 5.41) is 36.9. The van der Waals surface area contributed by atoms with E-state index >= 15 is 0 Å². The number of rotatable bonds is 9. The third kappa shape index (κ3) is 7.78. The zero-order chi connectivity index (χ0) is 24.6. The first kappa shape index (κ1) is 25.6. The highest BCUT2D eigenvalue weighted by Gasteiger charge is 2.39. The molecular weight excluding hydrogens is 555 g/mol. The molecule has 0 fully saturated rings. The maximum atomic E-state index is 12.3. The van der Waals surface area contributed by atoms with Gasteiger partial charge in [0.1, 0.15) is 6.04 Å². The Morgan fingerprint density at radius 2 is 1.67 bits per heavy atom. The number of urea groups is 2. The van der Waals surface area contributed by atoms with E-state index in [1.807, 2.05) is 0 Å². The minimum Gasteiger partial charge on any atom is -0.481 e. The fraction of sp³-hybridized carbons (Fsp3) is 0.250. The van der Waals surface area contributed by atoms with Crippen LogP contribution in [0, 0.1) is 3.57 Å². The van der Waals surface area contributed by atoms with Crippen LogP contribution in [0.5, 0.6) is 0 Å². The van der Waals surface area contributed by atoms with Crippen molar-refractivity contribution < 1.29 is 39.3 Å². The van der Waals surface area contributed by atoms with Crippen LogP contribution in [0.25, 0.3) is 0 Å². The maximum absolute atomic E-state index is 12.3. The number of aliphatic carboxylic acids is 3. The van der Waals surface area contributed by atoms with Gasteiger partial charge >= 0.3 is 30.0 Å². The van der Waals surface area contributed by atoms with Crippen molar-refractivity contribution in [1.82, 2.24) is 16.0 Å². The number of amides is 4. The standard InChI is InChI=1S/C20H21IN4O8/c21-11-3-5-12(6-4-11)22-18(32)23-13-2-1-9-20(10-13,17(30)31)25-19(33)24-14(16(28)29)7-8-15(26)27/h1-6,10,14H,7-9H2,(H,26,27)(H,28,29)(H,30,31)(H2,22,23,32)(H2,24,25,33)/t14-,20-/m0/s1/i21+4. The summed E-state index contributed by atoms with van der Waals surface area (Å²) in [6, 6.07) is 3.64. The number of carbonyl (C=O) groups excluding carboxylic acids is 2. The van der Waals surface area contributed by atoms with E-state index in [2.05, 4.69) is 43.9 Å². The molecule has 0 unspecified atom stereocenters. The molecule has 2 rings (SSSR count). The molecule has 0 radical (unpaired) electrons. The number of anilines is 1. The van der Waals surface area contributed by atoms with Gasteiger partial charge in [0.2, 0.25) is 0 Å². The van der Waals surface area contributed by atoms with E-state index in [0.717, 1.165) is 9.65 Å². The number of hydrogen-bond acceptors (Lipinski definition) is 5. The monoisotopic (exact) mass is 576 g/mol. The van der Waals surface area contributed by atoms with Gasteiger partial charge in [-0.1, -0.05) is 6.08 Å². The predicted octanol–water partition coefficient (Wildman–Crippen LogP) is 1.70. The molecule has 2 atom stereocenters. The summed E-state index contributed by atoms with van der Waals surface area (Å²) in [5.41, 5.74) is -1.37. The van der Waals surface area contributed by atoms with Gasteiger partial charge in [0, 0.05) is 27.8 Å². The van der Waals surface area contributed by atoms with Crippen LogP contribution in [0.15, 0.2) is 48.2 Å². The molecular formula is C20H21IN4O8. The minimum atomic E-state index is -1.97. The lowest BCUT2D eigenvalue weighted by Gasteiger charge is -2.30. The largest absolute Gasteiger partial charge is 0.481 e. The van der Waals surface area contributed by atoms with Crippen LogP contribution in [-0.4, -0.2) is 56.9 Å². The van der Waals surface area contributed by atoms with Gasteiger partial charge in [-0.3, -0.25) is 4.79 Å². The molecule has 176 valence electrons. The SMILES string of the molecule is O=C(O)CC[C@H](NC(=O)N[C@]1(C(=O)O)C=C(NC(=O)Nc2ccc([131I])cc2)C=CC1)C(=O)O. The Hall–Kier alpha value is -3.62. The Kier molecular flexibility index (Phi) is 8.78. The molecule has 0 saturated carbocycles. The van der Waals surface area contributed by atoms with E-state index < -0.39 is 48.0 Å². The summed E-state index contributed by atoms with van der Waals surface area (Å²) >= 11 is 2.11. The summed E-state index contributed by atoms with van der Waals surface area (Å²) < 4.78 is 0.972. The third-order valence-electron chi connectivity index (χ3n) is 4.47. The van der Waals surface area contributed by atoms with Crippen LogP contribution in [0.2, 0.25) is 0 Å².